The number of carbonyl (C=O) groups is 1. The SMILES string of the molecule is CCCCCCCCc1cc(F)ccc1NS(=O)(=O)C1CCC2(C=C1C(=O)O)OC(C(O)CO)C(C(O)CO)O2. The molecule has 0 radical (unpaired) electrons. The molecule has 1 aromatic rings. The van der Waals surface area contributed by atoms with E-state index >= 15 is 0 Å². The average Bonchev–Trinajstić information content (AvgIpc) is 3.29. The van der Waals surface area contributed by atoms with Crippen molar-refractivity contribution in [3.05, 3.63) is 41.2 Å². The maximum absolute atomic E-state index is 14.0. The minimum atomic E-state index is -4.34. The first kappa shape index (κ1) is 32.4. The molecule has 1 fully saturated rings. The Morgan fingerprint density at radius 2 is 1.68 bits per heavy atom. The fourth-order valence-corrected chi connectivity index (χ4v) is 6.79. The standard InChI is InChI=1S/C27H40FNO10S/c1-2-3-4-5-6-7-8-17-13-18(28)9-10-20(17)29-40(36,37)23-11-12-27(14-19(23)26(34)35)38-24(21(32)15-30)25(39-27)22(33)16-31/h9-10,13-14,21-25,29-33H,2-8,11-12,15-16H2,1H3,(H,34,35). The molecule has 13 heteroatoms. The van der Waals surface area contributed by atoms with Gasteiger partial charge in [-0.05, 0) is 49.1 Å². The van der Waals surface area contributed by atoms with Crippen LogP contribution < -0.4 is 4.72 Å². The van der Waals surface area contributed by atoms with Crippen molar-refractivity contribution in [2.24, 2.45) is 0 Å². The van der Waals surface area contributed by atoms with Gasteiger partial charge >= 0.3 is 5.97 Å². The van der Waals surface area contributed by atoms with Crippen LogP contribution in [0.1, 0.15) is 63.9 Å². The minimum Gasteiger partial charge on any atom is -0.478 e. The van der Waals surface area contributed by atoms with Crippen LogP contribution in [0.15, 0.2) is 29.8 Å². The van der Waals surface area contributed by atoms with Gasteiger partial charge in [0.25, 0.3) is 0 Å². The highest BCUT2D eigenvalue weighted by molar-refractivity contribution is 7.93. The van der Waals surface area contributed by atoms with Crippen molar-refractivity contribution in [1.82, 2.24) is 0 Å². The maximum Gasteiger partial charge on any atom is 0.332 e. The van der Waals surface area contributed by atoms with Gasteiger partial charge in [0.1, 0.15) is 35.5 Å². The molecule has 0 amide bonds. The number of aliphatic hydroxyl groups excluding tert-OH is 4. The molecular formula is C27H40FNO10S. The van der Waals surface area contributed by atoms with Gasteiger partial charge in [0.15, 0.2) is 5.79 Å². The summed E-state index contributed by atoms with van der Waals surface area (Å²) in [4.78, 5) is 12.2. The Morgan fingerprint density at radius 3 is 2.25 bits per heavy atom. The van der Waals surface area contributed by atoms with Gasteiger partial charge in [0, 0.05) is 6.42 Å². The van der Waals surface area contributed by atoms with E-state index in [4.69, 9.17) is 9.47 Å². The number of carboxylic acid groups (broad SMARTS) is 1. The highest BCUT2D eigenvalue weighted by Crippen LogP contribution is 2.43. The Morgan fingerprint density at radius 1 is 1.07 bits per heavy atom. The normalized spacial score (nSPS) is 26.4. The molecule has 11 nitrogen and oxygen atoms in total. The summed E-state index contributed by atoms with van der Waals surface area (Å²) < 4.78 is 54.9. The molecule has 1 aliphatic carbocycles. The number of benzene rings is 1. The molecule has 5 unspecified atom stereocenters. The number of hydrogen-bond donors (Lipinski definition) is 6. The number of ether oxygens (including phenoxy) is 2. The fourth-order valence-electron chi connectivity index (χ4n) is 5.21. The summed E-state index contributed by atoms with van der Waals surface area (Å²) in [6.07, 6.45) is 1.39. The van der Waals surface area contributed by atoms with Crippen LogP contribution in [0.3, 0.4) is 0 Å². The summed E-state index contributed by atoms with van der Waals surface area (Å²) in [6, 6.07) is 3.72. The number of carboxylic acids is 1. The second kappa shape index (κ2) is 14.2. The lowest BCUT2D eigenvalue weighted by Gasteiger charge is -2.33. The lowest BCUT2D eigenvalue weighted by molar-refractivity contribution is -0.163. The van der Waals surface area contributed by atoms with E-state index < -0.39 is 76.0 Å². The first-order valence-electron chi connectivity index (χ1n) is 13.7. The van der Waals surface area contributed by atoms with E-state index in [1.165, 1.54) is 12.1 Å². The number of hydrogen-bond acceptors (Lipinski definition) is 9. The molecule has 1 saturated heterocycles. The zero-order chi connectivity index (χ0) is 29.5. The molecule has 1 aliphatic heterocycles. The second-order valence-electron chi connectivity index (χ2n) is 10.4. The van der Waals surface area contributed by atoms with Gasteiger partial charge in [-0.2, -0.15) is 0 Å². The number of aryl methyl sites for hydroxylation is 1. The Balaban J connectivity index is 1.83. The molecule has 5 atom stereocenters. The Bertz CT molecular complexity index is 1130. The zero-order valence-corrected chi connectivity index (χ0v) is 23.4. The quantitative estimate of drug-likeness (QED) is 0.165. The summed E-state index contributed by atoms with van der Waals surface area (Å²) in [5.74, 6) is -3.86. The van der Waals surface area contributed by atoms with Crippen LogP contribution in [0.25, 0.3) is 0 Å². The van der Waals surface area contributed by atoms with Crippen molar-refractivity contribution in [3.63, 3.8) is 0 Å². The number of unbranched alkanes of at least 4 members (excludes halogenated alkanes) is 5. The molecule has 6 N–H and O–H groups in total. The molecule has 40 heavy (non-hydrogen) atoms. The highest BCUT2D eigenvalue weighted by Gasteiger charge is 2.54. The smallest absolute Gasteiger partial charge is 0.332 e. The van der Waals surface area contributed by atoms with Crippen LogP contribution in [0.2, 0.25) is 0 Å². The van der Waals surface area contributed by atoms with Crippen LogP contribution in [0.5, 0.6) is 0 Å². The van der Waals surface area contributed by atoms with Crippen LogP contribution >= 0.6 is 0 Å². The summed E-state index contributed by atoms with van der Waals surface area (Å²) in [5, 5.41) is 47.5. The van der Waals surface area contributed by atoms with E-state index in [-0.39, 0.29) is 18.5 Å². The van der Waals surface area contributed by atoms with Gasteiger partial charge in [-0.1, -0.05) is 39.0 Å². The van der Waals surface area contributed by atoms with E-state index in [2.05, 4.69) is 11.6 Å². The minimum absolute atomic E-state index is 0.160. The summed E-state index contributed by atoms with van der Waals surface area (Å²) in [6.45, 7) is 0.606. The van der Waals surface area contributed by atoms with Crippen LogP contribution in [0, 0.1) is 5.82 Å². The lowest BCUT2D eigenvalue weighted by atomic mass is 9.94. The van der Waals surface area contributed by atoms with Crippen LogP contribution in [-0.4, -0.2) is 88.6 Å². The second-order valence-corrected chi connectivity index (χ2v) is 12.2. The molecule has 0 saturated carbocycles. The summed E-state index contributed by atoms with van der Waals surface area (Å²) >= 11 is 0. The van der Waals surface area contributed by atoms with Crippen LogP contribution in [0.4, 0.5) is 10.1 Å². The van der Waals surface area contributed by atoms with Gasteiger partial charge in [0.05, 0.1) is 24.5 Å². The predicted molar refractivity (Wildman–Crippen MR) is 143 cm³/mol. The third-order valence-corrected chi connectivity index (χ3v) is 9.09. The molecular weight excluding hydrogens is 549 g/mol. The van der Waals surface area contributed by atoms with Crippen molar-refractivity contribution in [2.75, 3.05) is 17.9 Å². The number of nitrogens with one attached hydrogen (secondary N) is 1. The van der Waals surface area contributed by atoms with Gasteiger partial charge in [-0.25, -0.2) is 17.6 Å². The highest BCUT2D eigenvalue weighted by atomic mass is 32.2. The molecule has 0 aromatic heterocycles. The van der Waals surface area contributed by atoms with Crippen LogP contribution in [-0.2, 0) is 30.7 Å². The maximum atomic E-state index is 14.0. The number of aliphatic hydroxyl groups is 4. The van der Waals surface area contributed by atoms with Crippen molar-refractivity contribution in [3.8, 4) is 0 Å². The van der Waals surface area contributed by atoms with Gasteiger partial charge in [-0.15, -0.1) is 0 Å². The van der Waals surface area contributed by atoms with Gasteiger partial charge < -0.3 is 35.0 Å². The number of sulfonamides is 1. The molecule has 1 heterocycles. The molecule has 1 spiro atoms. The molecule has 226 valence electrons. The topological polar surface area (TPSA) is 183 Å². The average molecular weight is 590 g/mol. The van der Waals surface area contributed by atoms with E-state index in [9.17, 15) is 43.1 Å². The van der Waals surface area contributed by atoms with Gasteiger partial charge in [0.2, 0.25) is 10.0 Å². The van der Waals surface area contributed by atoms with Crippen molar-refractivity contribution >= 4 is 21.7 Å². The molecule has 3 rings (SSSR count). The van der Waals surface area contributed by atoms with E-state index in [1.807, 2.05) is 0 Å². The van der Waals surface area contributed by atoms with E-state index in [0.29, 0.717) is 12.0 Å². The monoisotopic (exact) mass is 589 g/mol. The third-order valence-electron chi connectivity index (χ3n) is 7.35. The Kier molecular flexibility index (Phi) is 11.5. The lowest BCUT2D eigenvalue weighted by Crippen LogP contribution is -2.45. The third kappa shape index (κ3) is 7.78. The number of anilines is 1. The molecule has 1 aromatic carbocycles. The van der Waals surface area contributed by atoms with E-state index in [0.717, 1.165) is 50.7 Å². The largest absolute Gasteiger partial charge is 0.478 e. The molecule has 2 aliphatic rings. The first-order chi connectivity index (χ1) is 19.0. The van der Waals surface area contributed by atoms with Crippen molar-refractivity contribution in [2.45, 2.75) is 100 Å². The van der Waals surface area contributed by atoms with E-state index in [1.54, 1.807) is 0 Å². The number of halogens is 1. The summed E-state index contributed by atoms with van der Waals surface area (Å²) in [7, 11) is -4.34. The predicted octanol–water partition coefficient (Wildman–Crippen LogP) is 1.83. The van der Waals surface area contributed by atoms with Crippen molar-refractivity contribution in [1.29, 1.82) is 0 Å². The number of aliphatic carboxylic acids is 1. The zero-order valence-electron chi connectivity index (χ0n) is 22.5. The van der Waals surface area contributed by atoms with Crippen molar-refractivity contribution < 1.29 is 52.6 Å². The Hall–Kier alpha value is -2.13. The Labute approximate surface area is 233 Å². The number of rotatable bonds is 15. The first-order valence-corrected chi connectivity index (χ1v) is 15.2. The fraction of sp³-hybridized carbons (Fsp3) is 0.667. The molecule has 0 bridgehead atoms. The van der Waals surface area contributed by atoms with Gasteiger partial charge in [-0.3, -0.25) is 4.72 Å². The summed E-state index contributed by atoms with van der Waals surface area (Å²) in [5.41, 5.74) is 0.0941.